The molecule has 0 aliphatic rings. The van der Waals surface area contributed by atoms with Gasteiger partial charge in [0.2, 0.25) is 10.0 Å². The highest BCUT2D eigenvalue weighted by Crippen LogP contribution is 2.10. The Labute approximate surface area is 138 Å². The summed E-state index contributed by atoms with van der Waals surface area (Å²) in [5.74, 6) is -2.04. The summed E-state index contributed by atoms with van der Waals surface area (Å²) in [6, 6.07) is 12.6. The van der Waals surface area contributed by atoms with Gasteiger partial charge in [-0.3, -0.25) is 9.59 Å². The molecule has 0 amide bonds. The Balaban J connectivity index is 1.86. The standard InChI is InChI=1S/C16H14FNO5S/c17-13-7-4-8-14(9-13)24(21,22)18-10-16(20)23-11-15(19)12-5-2-1-3-6-12/h1-9,18H,10-11H2. The fraction of sp³-hybridized carbons (Fsp3) is 0.125. The highest BCUT2D eigenvalue weighted by atomic mass is 32.2. The van der Waals surface area contributed by atoms with Crippen molar-refractivity contribution in [2.45, 2.75) is 4.90 Å². The van der Waals surface area contributed by atoms with Crippen LogP contribution in [0.25, 0.3) is 0 Å². The molecule has 2 rings (SSSR count). The Morgan fingerprint density at radius 1 is 1.04 bits per heavy atom. The predicted octanol–water partition coefficient (Wildman–Crippen LogP) is 1.53. The quantitative estimate of drug-likeness (QED) is 0.604. The number of nitrogens with one attached hydrogen (secondary N) is 1. The molecule has 126 valence electrons. The smallest absolute Gasteiger partial charge is 0.321 e. The summed E-state index contributed by atoms with van der Waals surface area (Å²) in [6.45, 7) is -1.16. The molecule has 0 heterocycles. The maximum absolute atomic E-state index is 13.0. The van der Waals surface area contributed by atoms with E-state index in [0.717, 1.165) is 12.1 Å². The molecule has 24 heavy (non-hydrogen) atoms. The van der Waals surface area contributed by atoms with Crippen molar-refractivity contribution in [3.63, 3.8) is 0 Å². The maximum atomic E-state index is 13.0. The molecule has 2 aromatic carbocycles. The first-order valence-electron chi connectivity index (χ1n) is 6.87. The van der Waals surface area contributed by atoms with Gasteiger partial charge in [0.05, 0.1) is 4.90 Å². The highest BCUT2D eigenvalue weighted by Gasteiger charge is 2.17. The molecule has 1 N–H and O–H groups in total. The first-order chi connectivity index (χ1) is 11.4. The average molecular weight is 351 g/mol. The number of esters is 1. The first kappa shape index (κ1) is 17.8. The minimum Gasteiger partial charge on any atom is -0.456 e. The SMILES string of the molecule is O=C(CNS(=O)(=O)c1cccc(F)c1)OCC(=O)c1ccccc1. The third-order valence-corrected chi connectivity index (χ3v) is 4.37. The van der Waals surface area contributed by atoms with Crippen LogP contribution in [-0.4, -0.2) is 33.3 Å². The predicted molar refractivity (Wildman–Crippen MR) is 83.3 cm³/mol. The van der Waals surface area contributed by atoms with Crippen molar-refractivity contribution in [2.24, 2.45) is 0 Å². The molecule has 0 radical (unpaired) electrons. The van der Waals surface area contributed by atoms with Crippen molar-refractivity contribution >= 4 is 21.8 Å². The van der Waals surface area contributed by atoms with Gasteiger partial charge in [-0.25, -0.2) is 12.8 Å². The number of hydrogen-bond acceptors (Lipinski definition) is 5. The number of Topliss-reactive ketones (excluding diaryl/α,β-unsaturated/α-hetero) is 1. The highest BCUT2D eigenvalue weighted by molar-refractivity contribution is 7.89. The van der Waals surface area contributed by atoms with Gasteiger partial charge >= 0.3 is 5.97 Å². The number of carbonyl (C=O) groups excluding carboxylic acids is 2. The zero-order chi connectivity index (χ0) is 17.6. The van der Waals surface area contributed by atoms with Crippen molar-refractivity contribution in [3.8, 4) is 0 Å². The molecule has 0 fully saturated rings. The van der Waals surface area contributed by atoms with E-state index in [0.29, 0.717) is 5.56 Å². The molecule has 0 saturated carbocycles. The molecule has 8 heteroatoms. The van der Waals surface area contributed by atoms with Crippen LogP contribution in [0.2, 0.25) is 0 Å². The number of benzene rings is 2. The van der Waals surface area contributed by atoms with Crippen LogP contribution in [-0.2, 0) is 19.6 Å². The van der Waals surface area contributed by atoms with Crippen LogP contribution in [0.4, 0.5) is 4.39 Å². The molecule has 0 unspecified atom stereocenters. The molecule has 0 aromatic heterocycles. The summed E-state index contributed by atoms with van der Waals surface area (Å²) in [6.07, 6.45) is 0. The van der Waals surface area contributed by atoms with Crippen LogP contribution in [0, 0.1) is 5.82 Å². The van der Waals surface area contributed by atoms with Gasteiger partial charge in [0, 0.05) is 5.56 Å². The van der Waals surface area contributed by atoms with E-state index in [1.165, 1.54) is 12.1 Å². The van der Waals surface area contributed by atoms with E-state index < -0.39 is 40.7 Å². The molecule has 0 bridgehead atoms. The van der Waals surface area contributed by atoms with Gasteiger partial charge in [0.15, 0.2) is 12.4 Å². The van der Waals surface area contributed by atoms with Crippen LogP contribution in [0.3, 0.4) is 0 Å². The number of sulfonamides is 1. The van der Waals surface area contributed by atoms with Crippen molar-refractivity contribution in [1.29, 1.82) is 0 Å². The van der Waals surface area contributed by atoms with Gasteiger partial charge in [0.25, 0.3) is 0 Å². The lowest BCUT2D eigenvalue weighted by atomic mass is 10.1. The van der Waals surface area contributed by atoms with Crippen LogP contribution >= 0.6 is 0 Å². The largest absolute Gasteiger partial charge is 0.456 e. The van der Waals surface area contributed by atoms with Gasteiger partial charge in [-0.1, -0.05) is 36.4 Å². The van der Waals surface area contributed by atoms with Gasteiger partial charge in [-0.15, -0.1) is 0 Å². The number of halogens is 1. The molecule has 0 spiro atoms. The number of rotatable bonds is 7. The van der Waals surface area contributed by atoms with E-state index in [9.17, 15) is 22.4 Å². The molecule has 0 aliphatic heterocycles. The Kier molecular flexibility index (Phi) is 5.78. The van der Waals surface area contributed by atoms with Crippen molar-refractivity contribution in [2.75, 3.05) is 13.2 Å². The van der Waals surface area contributed by atoms with Gasteiger partial charge in [-0.2, -0.15) is 4.72 Å². The maximum Gasteiger partial charge on any atom is 0.321 e. The second kappa shape index (κ2) is 7.80. The summed E-state index contributed by atoms with van der Waals surface area (Å²) in [4.78, 5) is 23.0. The van der Waals surface area contributed by atoms with Crippen LogP contribution < -0.4 is 4.72 Å². The molecule has 6 nitrogen and oxygen atoms in total. The third-order valence-electron chi connectivity index (χ3n) is 2.97. The van der Waals surface area contributed by atoms with E-state index in [4.69, 9.17) is 4.74 Å². The fourth-order valence-corrected chi connectivity index (χ4v) is 2.78. The number of carbonyl (C=O) groups is 2. The van der Waals surface area contributed by atoms with Crippen molar-refractivity contribution in [3.05, 3.63) is 66.0 Å². The zero-order valence-corrected chi connectivity index (χ0v) is 13.3. The molecule has 0 atom stereocenters. The fourth-order valence-electron chi connectivity index (χ4n) is 1.78. The van der Waals surface area contributed by atoms with Crippen LogP contribution in [0.1, 0.15) is 10.4 Å². The van der Waals surface area contributed by atoms with Crippen molar-refractivity contribution < 1.29 is 27.1 Å². The topological polar surface area (TPSA) is 89.5 Å². The molecule has 2 aromatic rings. The van der Waals surface area contributed by atoms with Crippen LogP contribution in [0.5, 0.6) is 0 Å². The zero-order valence-electron chi connectivity index (χ0n) is 12.4. The minimum atomic E-state index is -4.04. The monoisotopic (exact) mass is 351 g/mol. The molecular weight excluding hydrogens is 337 g/mol. The Hall–Kier alpha value is -2.58. The number of ether oxygens (including phenoxy) is 1. The van der Waals surface area contributed by atoms with Crippen molar-refractivity contribution in [1.82, 2.24) is 4.72 Å². The van der Waals surface area contributed by atoms with E-state index >= 15 is 0 Å². The number of hydrogen-bond donors (Lipinski definition) is 1. The minimum absolute atomic E-state index is 0.310. The average Bonchev–Trinajstić information content (AvgIpc) is 2.58. The summed E-state index contributed by atoms with van der Waals surface area (Å²) >= 11 is 0. The summed E-state index contributed by atoms with van der Waals surface area (Å²) in [5, 5.41) is 0. The lowest BCUT2D eigenvalue weighted by molar-refractivity contribution is -0.141. The first-order valence-corrected chi connectivity index (χ1v) is 8.36. The second-order valence-electron chi connectivity index (χ2n) is 4.73. The van der Waals surface area contributed by atoms with Crippen LogP contribution in [0.15, 0.2) is 59.5 Å². The summed E-state index contributed by atoms with van der Waals surface area (Å²) in [7, 11) is -4.04. The normalized spacial score (nSPS) is 11.0. The van der Waals surface area contributed by atoms with Gasteiger partial charge < -0.3 is 4.74 Å². The second-order valence-corrected chi connectivity index (χ2v) is 6.50. The van der Waals surface area contributed by atoms with E-state index in [-0.39, 0.29) is 4.90 Å². The van der Waals surface area contributed by atoms with E-state index in [2.05, 4.69) is 0 Å². The Morgan fingerprint density at radius 2 is 1.75 bits per heavy atom. The summed E-state index contributed by atoms with van der Waals surface area (Å²) in [5.41, 5.74) is 0.380. The number of ketones is 1. The molecular formula is C16H14FNO5S. The van der Waals surface area contributed by atoms with Gasteiger partial charge in [0.1, 0.15) is 12.4 Å². The lowest BCUT2D eigenvalue weighted by Crippen LogP contribution is -2.31. The lowest BCUT2D eigenvalue weighted by Gasteiger charge is -2.07. The van der Waals surface area contributed by atoms with E-state index in [1.807, 2.05) is 4.72 Å². The molecule has 0 saturated heterocycles. The van der Waals surface area contributed by atoms with Gasteiger partial charge in [-0.05, 0) is 18.2 Å². The molecule has 0 aliphatic carbocycles. The third kappa shape index (κ3) is 4.97. The van der Waals surface area contributed by atoms with E-state index in [1.54, 1.807) is 30.3 Å². The summed E-state index contributed by atoms with van der Waals surface area (Å²) < 4.78 is 43.5. The Morgan fingerprint density at radius 3 is 2.42 bits per heavy atom. The Bertz CT molecular complexity index is 837.